The minimum Gasteiger partial charge on any atom is -0.493 e. The van der Waals surface area contributed by atoms with Crippen molar-refractivity contribution in [2.24, 2.45) is 4.99 Å². The van der Waals surface area contributed by atoms with Gasteiger partial charge in [-0.1, -0.05) is 41.9 Å². The molecule has 3 aromatic rings. The Morgan fingerprint density at radius 1 is 1.11 bits per heavy atom. The Balaban J connectivity index is 1.76. The van der Waals surface area contributed by atoms with Crippen molar-refractivity contribution in [2.45, 2.75) is 6.61 Å². The number of nitrogens with zero attached hydrogens (tertiary/aromatic N) is 1. The number of methoxy groups -OCH3 is 1. The first-order valence-electron chi connectivity index (χ1n) is 8.48. The standard InChI is InChI=1S/C22H18ClNO4/c1-27-20-12-16(13-24-18-5-3-2-4-6-18)11-19(23)21(20)28-14-15-7-9-17(10-8-15)22(25)26/h2-13H,14H2,1H3,(H,25,26). The third kappa shape index (κ3) is 4.90. The first-order valence-corrected chi connectivity index (χ1v) is 8.86. The zero-order valence-electron chi connectivity index (χ0n) is 15.1. The van der Waals surface area contributed by atoms with Gasteiger partial charge in [0.15, 0.2) is 11.5 Å². The molecule has 0 aliphatic heterocycles. The minimum absolute atomic E-state index is 0.224. The fourth-order valence-electron chi connectivity index (χ4n) is 2.52. The Kier molecular flexibility index (Phi) is 6.29. The van der Waals surface area contributed by atoms with E-state index in [1.165, 1.54) is 19.2 Å². The van der Waals surface area contributed by atoms with Crippen molar-refractivity contribution < 1.29 is 19.4 Å². The molecule has 0 heterocycles. The summed E-state index contributed by atoms with van der Waals surface area (Å²) >= 11 is 6.38. The molecule has 0 aromatic heterocycles. The van der Waals surface area contributed by atoms with E-state index in [9.17, 15) is 4.79 Å². The van der Waals surface area contributed by atoms with Gasteiger partial charge < -0.3 is 14.6 Å². The highest BCUT2D eigenvalue weighted by atomic mass is 35.5. The van der Waals surface area contributed by atoms with Crippen LogP contribution in [0.5, 0.6) is 11.5 Å². The molecular weight excluding hydrogens is 378 g/mol. The molecule has 0 fully saturated rings. The number of carboxylic acid groups (broad SMARTS) is 1. The zero-order valence-corrected chi connectivity index (χ0v) is 15.9. The highest BCUT2D eigenvalue weighted by Crippen LogP contribution is 2.36. The molecule has 1 N–H and O–H groups in total. The van der Waals surface area contributed by atoms with Gasteiger partial charge in [0.25, 0.3) is 0 Å². The number of carboxylic acids is 1. The summed E-state index contributed by atoms with van der Waals surface area (Å²) in [6.45, 7) is 0.230. The van der Waals surface area contributed by atoms with Gasteiger partial charge >= 0.3 is 5.97 Å². The first kappa shape index (κ1) is 19.5. The van der Waals surface area contributed by atoms with Crippen LogP contribution in [-0.2, 0) is 6.61 Å². The molecule has 3 rings (SSSR count). The Labute approximate surface area is 167 Å². The lowest BCUT2D eigenvalue weighted by Crippen LogP contribution is -2.01. The molecule has 0 amide bonds. The van der Waals surface area contributed by atoms with E-state index in [4.69, 9.17) is 26.2 Å². The maximum absolute atomic E-state index is 10.9. The predicted octanol–water partition coefficient (Wildman–Crippen LogP) is 5.38. The van der Waals surface area contributed by atoms with E-state index in [2.05, 4.69) is 4.99 Å². The van der Waals surface area contributed by atoms with Crippen LogP contribution < -0.4 is 9.47 Å². The smallest absolute Gasteiger partial charge is 0.335 e. The summed E-state index contributed by atoms with van der Waals surface area (Å²) in [7, 11) is 1.54. The van der Waals surface area contributed by atoms with Gasteiger partial charge in [-0.15, -0.1) is 0 Å². The third-order valence-corrected chi connectivity index (χ3v) is 4.24. The van der Waals surface area contributed by atoms with Crippen LogP contribution in [0, 0.1) is 0 Å². The highest BCUT2D eigenvalue weighted by molar-refractivity contribution is 6.32. The van der Waals surface area contributed by atoms with E-state index >= 15 is 0 Å². The molecule has 0 radical (unpaired) electrons. The highest BCUT2D eigenvalue weighted by Gasteiger charge is 2.12. The summed E-state index contributed by atoms with van der Waals surface area (Å²) in [5, 5.41) is 9.35. The third-order valence-electron chi connectivity index (χ3n) is 3.95. The van der Waals surface area contributed by atoms with Crippen LogP contribution in [0.25, 0.3) is 0 Å². The number of hydrogen-bond donors (Lipinski definition) is 1. The number of aliphatic imine (C=N–C) groups is 1. The molecule has 0 aliphatic rings. The lowest BCUT2D eigenvalue weighted by atomic mass is 10.1. The van der Waals surface area contributed by atoms with E-state index in [-0.39, 0.29) is 12.2 Å². The lowest BCUT2D eigenvalue weighted by molar-refractivity contribution is 0.0697. The fraction of sp³-hybridized carbons (Fsp3) is 0.0909. The van der Waals surface area contributed by atoms with Crippen molar-refractivity contribution in [1.29, 1.82) is 0 Å². The Hall–Kier alpha value is -3.31. The molecule has 6 heteroatoms. The number of carbonyl (C=O) groups is 1. The molecule has 0 bridgehead atoms. The van der Waals surface area contributed by atoms with E-state index in [1.807, 2.05) is 30.3 Å². The second-order valence-electron chi connectivity index (χ2n) is 5.92. The second-order valence-corrected chi connectivity index (χ2v) is 6.33. The van der Waals surface area contributed by atoms with E-state index in [0.29, 0.717) is 16.5 Å². The predicted molar refractivity (Wildman–Crippen MR) is 109 cm³/mol. The summed E-state index contributed by atoms with van der Waals surface area (Å²) in [6.07, 6.45) is 1.71. The quantitative estimate of drug-likeness (QED) is 0.545. The van der Waals surface area contributed by atoms with Crippen LogP contribution in [0.15, 0.2) is 71.7 Å². The molecule has 0 saturated carbocycles. The maximum Gasteiger partial charge on any atom is 0.335 e. The summed E-state index contributed by atoms with van der Waals surface area (Å²) in [4.78, 5) is 15.3. The van der Waals surface area contributed by atoms with Crippen molar-refractivity contribution in [3.05, 3.63) is 88.4 Å². The van der Waals surface area contributed by atoms with Crippen molar-refractivity contribution in [2.75, 3.05) is 7.11 Å². The maximum atomic E-state index is 10.9. The number of rotatable bonds is 7. The van der Waals surface area contributed by atoms with Crippen LogP contribution in [-0.4, -0.2) is 24.4 Å². The van der Waals surface area contributed by atoms with E-state index < -0.39 is 5.97 Å². The largest absolute Gasteiger partial charge is 0.493 e. The van der Waals surface area contributed by atoms with Gasteiger partial charge in [-0.25, -0.2) is 4.79 Å². The average molecular weight is 396 g/mol. The van der Waals surface area contributed by atoms with Gasteiger partial charge in [0.1, 0.15) is 6.61 Å². The first-order chi connectivity index (χ1) is 13.6. The van der Waals surface area contributed by atoms with Crippen LogP contribution in [0.2, 0.25) is 5.02 Å². The van der Waals surface area contributed by atoms with Crippen molar-refractivity contribution >= 4 is 29.5 Å². The minimum atomic E-state index is -0.968. The summed E-state index contributed by atoms with van der Waals surface area (Å²) < 4.78 is 11.2. The molecule has 0 unspecified atom stereocenters. The molecule has 5 nitrogen and oxygen atoms in total. The van der Waals surface area contributed by atoms with Crippen LogP contribution in [0.3, 0.4) is 0 Å². The molecule has 28 heavy (non-hydrogen) atoms. The molecular formula is C22H18ClNO4. The lowest BCUT2D eigenvalue weighted by Gasteiger charge is -2.13. The van der Waals surface area contributed by atoms with Crippen LogP contribution in [0.4, 0.5) is 5.69 Å². The average Bonchev–Trinajstić information content (AvgIpc) is 2.72. The Bertz CT molecular complexity index is 985. The summed E-state index contributed by atoms with van der Waals surface area (Å²) in [6, 6.07) is 19.6. The SMILES string of the molecule is COc1cc(C=Nc2ccccc2)cc(Cl)c1OCc1ccc(C(=O)O)cc1. The van der Waals surface area contributed by atoms with Gasteiger partial charge in [-0.3, -0.25) is 4.99 Å². The molecule has 3 aromatic carbocycles. The second kappa shape index (κ2) is 9.06. The molecule has 0 aliphatic carbocycles. The number of halogens is 1. The van der Waals surface area contributed by atoms with Gasteiger partial charge in [0, 0.05) is 6.21 Å². The van der Waals surface area contributed by atoms with Crippen LogP contribution in [0.1, 0.15) is 21.5 Å². The molecule has 142 valence electrons. The van der Waals surface area contributed by atoms with Crippen LogP contribution >= 0.6 is 11.6 Å². The number of para-hydroxylation sites is 1. The summed E-state index contributed by atoms with van der Waals surface area (Å²) in [5.41, 5.74) is 2.66. The zero-order chi connectivity index (χ0) is 19.9. The number of hydrogen-bond acceptors (Lipinski definition) is 4. The fourth-order valence-corrected chi connectivity index (χ4v) is 2.79. The number of ether oxygens (including phenoxy) is 2. The van der Waals surface area contributed by atoms with Gasteiger partial charge in [-0.05, 0) is 47.5 Å². The van der Waals surface area contributed by atoms with Gasteiger partial charge in [0.05, 0.1) is 23.4 Å². The molecule has 0 atom stereocenters. The molecule has 0 spiro atoms. The summed E-state index contributed by atoms with van der Waals surface area (Å²) in [5.74, 6) is -0.0579. The van der Waals surface area contributed by atoms with Crippen molar-refractivity contribution in [1.82, 2.24) is 0 Å². The van der Waals surface area contributed by atoms with Gasteiger partial charge in [-0.2, -0.15) is 0 Å². The monoisotopic (exact) mass is 395 g/mol. The normalized spacial score (nSPS) is 10.8. The Morgan fingerprint density at radius 3 is 2.46 bits per heavy atom. The number of benzene rings is 3. The van der Waals surface area contributed by atoms with Crippen molar-refractivity contribution in [3.8, 4) is 11.5 Å². The van der Waals surface area contributed by atoms with E-state index in [0.717, 1.165) is 16.8 Å². The molecule has 0 saturated heterocycles. The van der Waals surface area contributed by atoms with Crippen molar-refractivity contribution in [3.63, 3.8) is 0 Å². The number of aromatic carboxylic acids is 1. The topological polar surface area (TPSA) is 68.1 Å². The van der Waals surface area contributed by atoms with Gasteiger partial charge in [0.2, 0.25) is 0 Å². The van der Waals surface area contributed by atoms with E-state index in [1.54, 1.807) is 30.5 Å². The Morgan fingerprint density at radius 2 is 1.82 bits per heavy atom.